The van der Waals surface area contributed by atoms with Gasteiger partial charge in [-0.05, 0) is 70.5 Å². The van der Waals surface area contributed by atoms with Crippen molar-refractivity contribution in [3.8, 4) is 0 Å². The van der Waals surface area contributed by atoms with Gasteiger partial charge < -0.3 is 15.5 Å². The molecule has 21 heavy (non-hydrogen) atoms. The quantitative estimate of drug-likeness (QED) is 0.875. The summed E-state index contributed by atoms with van der Waals surface area (Å²) in [5.74, 6) is 0.679. The van der Waals surface area contributed by atoms with E-state index in [-0.39, 0.29) is 5.91 Å². The van der Waals surface area contributed by atoms with Gasteiger partial charge in [-0.1, -0.05) is 0 Å². The van der Waals surface area contributed by atoms with E-state index in [2.05, 4.69) is 29.5 Å². The predicted octanol–water partition coefficient (Wildman–Crippen LogP) is 2.58. The van der Waals surface area contributed by atoms with Crippen molar-refractivity contribution in [2.24, 2.45) is 5.92 Å². The molecular weight excluding hydrogens is 262 g/mol. The fraction of sp³-hybridized carbons (Fsp3) is 0.588. The number of benzene rings is 1. The molecular formula is C17H27N3O. The van der Waals surface area contributed by atoms with Crippen LogP contribution in [0.2, 0.25) is 0 Å². The van der Waals surface area contributed by atoms with E-state index in [0.717, 1.165) is 12.2 Å². The highest BCUT2D eigenvalue weighted by Crippen LogP contribution is 2.21. The molecule has 116 valence electrons. The van der Waals surface area contributed by atoms with Gasteiger partial charge in [0, 0.05) is 30.4 Å². The fourth-order valence-corrected chi connectivity index (χ4v) is 2.98. The number of rotatable bonds is 5. The van der Waals surface area contributed by atoms with Crippen molar-refractivity contribution in [3.05, 3.63) is 29.8 Å². The Labute approximate surface area is 127 Å². The number of anilines is 1. The van der Waals surface area contributed by atoms with Crippen LogP contribution < -0.4 is 10.6 Å². The third kappa shape index (κ3) is 4.46. The Balaban J connectivity index is 1.91. The summed E-state index contributed by atoms with van der Waals surface area (Å²) in [5.41, 5.74) is 1.80. The average Bonchev–Trinajstić information content (AvgIpc) is 2.48. The Kier molecular flexibility index (Phi) is 5.62. The maximum Gasteiger partial charge on any atom is 0.251 e. The van der Waals surface area contributed by atoms with Gasteiger partial charge >= 0.3 is 0 Å². The summed E-state index contributed by atoms with van der Waals surface area (Å²) >= 11 is 0. The molecule has 0 spiro atoms. The highest BCUT2D eigenvalue weighted by molar-refractivity contribution is 5.94. The zero-order chi connectivity index (χ0) is 15.2. The lowest BCUT2D eigenvalue weighted by Gasteiger charge is -2.34. The number of likely N-dealkylation sites (tertiary alicyclic amines) is 1. The second-order valence-electron chi connectivity index (χ2n) is 6.03. The number of nitrogens with one attached hydrogen (secondary N) is 2. The van der Waals surface area contributed by atoms with Crippen molar-refractivity contribution in [2.75, 3.05) is 32.0 Å². The van der Waals surface area contributed by atoms with Crippen LogP contribution in [-0.2, 0) is 0 Å². The molecule has 0 bridgehead atoms. The number of piperidine rings is 1. The normalized spacial score (nSPS) is 20.8. The molecule has 1 saturated heterocycles. The number of hydrogen-bond donors (Lipinski definition) is 2. The zero-order valence-corrected chi connectivity index (χ0v) is 13.4. The number of amides is 1. The Morgan fingerprint density at radius 1 is 1.38 bits per heavy atom. The van der Waals surface area contributed by atoms with Crippen molar-refractivity contribution < 1.29 is 4.79 Å². The third-order valence-electron chi connectivity index (χ3n) is 4.25. The van der Waals surface area contributed by atoms with Gasteiger partial charge in [-0.15, -0.1) is 0 Å². The van der Waals surface area contributed by atoms with Gasteiger partial charge in [0.05, 0.1) is 0 Å². The second-order valence-corrected chi connectivity index (χ2v) is 6.03. The SMILES string of the molecule is CCNC(=O)c1ccc(NC(C)C2CCCN(C)C2)cc1. The summed E-state index contributed by atoms with van der Waals surface area (Å²) in [6.07, 6.45) is 2.57. The molecule has 4 heteroatoms. The molecule has 0 aliphatic carbocycles. The van der Waals surface area contributed by atoms with Crippen molar-refractivity contribution in [1.82, 2.24) is 10.2 Å². The minimum Gasteiger partial charge on any atom is -0.382 e. The van der Waals surface area contributed by atoms with Crippen LogP contribution in [0.25, 0.3) is 0 Å². The van der Waals surface area contributed by atoms with Crippen LogP contribution in [0.15, 0.2) is 24.3 Å². The molecule has 1 amide bonds. The van der Waals surface area contributed by atoms with E-state index >= 15 is 0 Å². The molecule has 0 radical (unpaired) electrons. The van der Waals surface area contributed by atoms with E-state index in [0.29, 0.717) is 24.1 Å². The molecule has 1 heterocycles. The molecule has 4 nitrogen and oxygen atoms in total. The van der Waals surface area contributed by atoms with E-state index in [9.17, 15) is 4.79 Å². The summed E-state index contributed by atoms with van der Waals surface area (Å²) in [6.45, 7) is 7.21. The van der Waals surface area contributed by atoms with Crippen LogP contribution in [0.5, 0.6) is 0 Å². The summed E-state index contributed by atoms with van der Waals surface area (Å²) in [5, 5.41) is 6.39. The van der Waals surface area contributed by atoms with E-state index in [4.69, 9.17) is 0 Å². The molecule has 1 aromatic rings. The molecule has 2 atom stereocenters. The van der Waals surface area contributed by atoms with E-state index in [1.54, 1.807) is 0 Å². The Morgan fingerprint density at radius 2 is 2.10 bits per heavy atom. The topological polar surface area (TPSA) is 44.4 Å². The monoisotopic (exact) mass is 289 g/mol. The lowest BCUT2D eigenvalue weighted by atomic mass is 9.91. The van der Waals surface area contributed by atoms with Gasteiger partial charge in [0.1, 0.15) is 0 Å². The number of carbonyl (C=O) groups excluding carboxylic acids is 1. The van der Waals surface area contributed by atoms with Gasteiger partial charge in [0.2, 0.25) is 0 Å². The van der Waals surface area contributed by atoms with Crippen LogP contribution in [0.3, 0.4) is 0 Å². The largest absolute Gasteiger partial charge is 0.382 e. The van der Waals surface area contributed by atoms with Crippen LogP contribution in [0, 0.1) is 5.92 Å². The fourth-order valence-electron chi connectivity index (χ4n) is 2.98. The molecule has 1 aliphatic rings. The lowest BCUT2D eigenvalue weighted by Crippen LogP contribution is -2.39. The van der Waals surface area contributed by atoms with Gasteiger partial charge in [-0.25, -0.2) is 0 Å². The first-order chi connectivity index (χ1) is 10.1. The van der Waals surface area contributed by atoms with Crippen LogP contribution >= 0.6 is 0 Å². The summed E-state index contributed by atoms with van der Waals surface area (Å²) in [4.78, 5) is 14.1. The standard InChI is InChI=1S/C17H27N3O/c1-4-18-17(21)14-7-9-16(10-8-14)19-13(2)15-6-5-11-20(3)12-15/h7-10,13,15,19H,4-6,11-12H2,1-3H3,(H,18,21). The van der Waals surface area contributed by atoms with E-state index in [1.165, 1.54) is 19.4 Å². The van der Waals surface area contributed by atoms with Crippen LogP contribution in [-0.4, -0.2) is 43.5 Å². The molecule has 2 rings (SSSR count). The first-order valence-corrected chi connectivity index (χ1v) is 7.93. The van der Waals surface area contributed by atoms with Crippen molar-refractivity contribution >= 4 is 11.6 Å². The Hall–Kier alpha value is -1.55. The predicted molar refractivity (Wildman–Crippen MR) is 87.8 cm³/mol. The first kappa shape index (κ1) is 15.8. The van der Waals surface area contributed by atoms with Crippen molar-refractivity contribution in [3.63, 3.8) is 0 Å². The molecule has 0 saturated carbocycles. The Bertz CT molecular complexity index is 458. The molecule has 2 unspecified atom stereocenters. The molecule has 1 fully saturated rings. The zero-order valence-electron chi connectivity index (χ0n) is 13.4. The number of carbonyl (C=O) groups is 1. The van der Waals surface area contributed by atoms with Crippen LogP contribution in [0.1, 0.15) is 37.0 Å². The smallest absolute Gasteiger partial charge is 0.251 e. The minimum atomic E-state index is -0.00833. The van der Waals surface area contributed by atoms with Crippen molar-refractivity contribution in [2.45, 2.75) is 32.7 Å². The highest BCUT2D eigenvalue weighted by Gasteiger charge is 2.22. The first-order valence-electron chi connectivity index (χ1n) is 7.93. The summed E-state index contributed by atoms with van der Waals surface area (Å²) in [6, 6.07) is 8.20. The molecule has 0 aromatic heterocycles. The maximum absolute atomic E-state index is 11.7. The van der Waals surface area contributed by atoms with Crippen molar-refractivity contribution in [1.29, 1.82) is 0 Å². The van der Waals surface area contributed by atoms with E-state index in [1.807, 2.05) is 31.2 Å². The molecule has 1 aliphatic heterocycles. The molecule has 1 aromatic carbocycles. The third-order valence-corrected chi connectivity index (χ3v) is 4.25. The maximum atomic E-state index is 11.7. The number of hydrogen-bond acceptors (Lipinski definition) is 3. The van der Waals surface area contributed by atoms with Gasteiger partial charge in [-0.2, -0.15) is 0 Å². The van der Waals surface area contributed by atoms with Gasteiger partial charge in [-0.3, -0.25) is 4.79 Å². The lowest BCUT2D eigenvalue weighted by molar-refractivity contribution is 0.0956. The summed E-state index contributed by atoms with van der Waals surface area (Å²) < 4.78 is 0. The number of nitrogens with zero attached hydrogens (tertiary/aromatic N) is 1. The Morgan fingerprint density at radius 3 is 2.71 bits per heavy atom. The molecule has 2 N–H and O–H groups in total. The highest BCUT2D eigenvalue weighted by atomic mass is 16.1. The van der Waals surface area contributed by atoms with E-state index < -0.39 is 0 Å². The minimum absolute atomic E-state index is 0.00833. The summed E-state index contributed by atoms with van der Waals surface area (Å²) in [7, 11) is 2.19. The van der Waals surface area contributed by atoms with Gasteiger partial charge in [0.25, 0.3) is 5.91 Å². The average molecular weight is 289 g/mol. The van der Waals surface area contributed by atoms with Crippen LogP contribution in [0.4, 0.5) is 5.69 Å². The van der Waals surface area contributed by atoms with Gasteiger partial charge in [0.15, 0.2) is 0 Å². The second kappa shape index (κ2) is 7.46.